The molecule has 0 bridgehead atoms. The first-order valence-electron chi connectivity index (χ1n) is 10.2. The molecule has 1 aliphatic heterocycles. The summed E-state index contributed by atoms with van der Waals surface area (Å²) in [7, 11) is 0. The first-order valence-corrected chi connectivity index (χ1v) is 10.2. The second kappa shape index (κ2) is 10.8. The molecule has 0 aliphatic carbocycles. The molecule has 1 atom stereocenters. The average molecular weight is 376 g/mol. The zero-order chi connectivity index (χ0) is 19.6. The number of rotatable bonds is 8. The standard InChI is InChI=1S/C21H33N3O3/c1-4-7-15-27-19-12-10-18(11-13-19)22-21(26)24-14-8-9-17(16-24)20(25)23(5-2)6-3/h10-13,17H,4-9,14-16H2,1-3H3,(H,22,26). The second-order valence-corrected chi connectivity index (χ2v) is 6.95. The average Bonchev–Trinajstić information content (AvgIpc) is 2.70. The van der Waals surface area contributed by atoms with Gasteiger partial charge in [-0.3, -0.25) is 4.79 Å². The lowest BCUT2D eigenvalue weighted by Gasteiger charge is -2.34. The maximum atomic E-state index is 12.6. The maximum absolute atomic E-state index is 12.6. The third-order valence-corrected chi connectivity index (χ3v) is 5.01. The molecule has 1 aromatic rings. The number of likely N-dealkylation sites (tertiary alicyclic amines) is 1. The molecule has 1 saturated heterocycles. The van der Waals surface area contributed by atoms with Gasteiger partial charge >= 0.3 is 6.03 Å². The molecule has 0 aromatic heterocycles. The SMILES string of the molecule is CCCCOc1ccc(NC(=O)N2CCCC(C(=O)N(CC)CC)C2)cc1. The van der Waals surface area contributed by atoms with Crippen LogP contribution >= 0.6 is 0 Å². The number of piperidine rings is 1. The fourth-order valence-corrected chi connectivity index (χ4v) is 3.33. The minimum absolute atomic E-state index is 0.0984. The molecule has 0 spiro atoms. The van der Waals surface area contributed by atoms with E-state index in [0.717, 1.165) is 37.1 Å². The Bertz CT molecular complexity index is 599. The van der Waals surface area contributed by atoms with Gasteiger partial charge in [-0.25, -0.2) is 4.79 Å². The van der Waals surface area contributed by atoms with Crippen LogP contribution in [0, 0.1) is 5.92 Å². The lowest BCUT2D eigenvalue weighted by molar-refractivity contribution is -0.136. The van der Waals surface area contributed by atoms with E-state index in [1.54, 1.807) is 4.90 Å². The van der Waals surface area contributed by atoms with Gasteiger partial charge < -0.3 is 19.9 Å². The van der Waals surface area contributed by atoms with Gasteiger partial charge in [-0.05, 0) is 57.4 Å². The van der Waals surface area contributed by atoms with Crippen molar-refractivity contribution < 1.29 is 14.3 Å². The Morgan fingerprint density at radius 2 is 1.89 bits per heavy atom. The summed E-state index contributed by atoms with van der Waals surface area (Å²) >= 11 is 0. The van der Waals surface area contributed by atoms with E-state index < -0.39 is 0 Å². The Kier molecular flexibility index (Phi) is 8.43. The number of anilines is 1. The third kappa shape index (κ3) is 6.15. The van der Waals surface area contributed by atoms with Gasteiger partial charge in [0, 0.05) is 31.9 Å². The van der Waals surface area contributed by atoms with Gasteiger partial charge in [-0.2, -0.15) is 0 Å². The highest BCUT2D eigenvalue weighted by Crippen LogP contribution is 2.21. The van der Waals surface area contributed by atoms with Crippen molar-refractivity contribution in [2.24, 2.45) is 5.92 Å². The van der Waals surface area contributed by atoms with E-state index in [0.29, 0.717) is 32.8 Å². The molecule has 1 aromatic carbocycles. The lowest BCUT2D eigenvalue weighted by atomic mass is 9.96. The van der Waals surface area contributed by atoms with E-state index in [-0.39, 0.29) is 17.9 Å². The number of nitrogens with zero attached hydrogens (tertiary/aromatic N) is 2. The topological polar surface area (TPSA) is 61.9 Å². The predicted octanol–water partition coefficient (Wildman–Crippen LogP) is 3.98. The molecule has 2 rings (SSSR count). The van der Waals surface area contributed by atoms with Gasteiger partial charge in [0.25, 0.3) is 0 Å². The van der Waals surface area contributed by atoms with E-state index in [1.807, 2.05) is 43.0 Å². The first-order chi connectivity index (χ1) is 13.1. The van der Waals surface area contributed by atoms with E-state index in [4.69, 9.17) is 4.74 Å². The quantitative estimate of drug-likeness (QED) is 0.699. The van der Waals surface area contributed by atoms with Crippen molar-refractivity contribution in [2.75, 3.05) is 38.1 Å². The van der Waals surface area contributed by atoms with E-state index >= 15 is 0 Å². The van der Waals surface area contributed by atoms with E-state index in [9.17, 15) is 9.59 Å². The molecule has 1 aliphatic rings. The highest BCUT2D eigenvalue weighted by atomic mass is 16.5. The first kappa shape index (κ1) is 21.1. The number of hydrogen-bond acceptors (Lipinski definition) is 3. The van der Waals surface area contributed by atoms with Gasteiger partial charge in [0.2, 0.25) is 5.91 Å². The third-order valence-electron chi connectivity index (χ3n) is 5.01. The number of carbonyl (C=O) groups is 2. The van der Waals surface area contributed by atoms with Crippen LogP contribution in [0.1, 0.15) is 46.5 Å². The number of ether oxygens (including phenoxy) is 1. The Morgan fingerprint density at radius 3 is 2.52 bits per heavy atom. The zero-order valence-corrected chi connectivity index (χ0v) is 16.9. The smallest absolute Gasteiger partial charge is 0.321 e. The van der Waals surface area contributed by atoms with Crippen molar-refractivity contribution in [1.29, 1.82) is 0 Å². The summed E-state index contributed by atoms with van der Waals surface area (Å²) < 4.78 is 5.64. The van der Waals surface area contributed by atoms with Gasteiger partial charge in [-0.1, -0.05) is 13.3 Å². The van der Waals surface area contributed by atoms with Crippen molar-refractivity contribution in [3.63, 3.8) is 0 Å². The van der Waals surface area contributed by atoms with Gasteiger partial charge in [-0.15, -0.1) is 0 Å². The Balaban J connectivity index is 1.88. The molecule has 1 N–H and O–H groups in total. The molecule has 6 heteroatoms. The minimum atomic E-state index is -0.147. The Morgan fingerprint density at radius 1 is 1.19 bits per heavy atom. The van der Waals surface area contributed by atoms with Crippen LogP contribution in [-0.4, -0.2) is 54.5 Å². The van der Waals surface area contributed by atoms with Crippen molar-refractivity contribution in [3.8, 4) is 5.75 Å². The molecule has 1 fully saturated rings. The molecule has 1 unspecified atom stereocenters. The number of hydrogen-bond donors (Lipinski definition) is 1. The molecule has 3 amide bonds. The van der Waals surface area contributed by atoms with Crippen LogP contribution in [0.4, 0.5) is 10.5 Å². The zero-order valence-electron chi connectivity index (χ0n) is 16.9. The second-order valence-electron chi connectivity index (χ2n) is 6.95. The van der Waals surface area contributed by atoms with Crippen molar-refractivity contribution in [2.45, 2.75) is 46.5 Å². The Hall–Kier alpha value is -2.24. The van der Waals surface area contributed by atoms with Crippen LogP contribution in [0.2, 0.25) is 0 Å². The maximum Gasteiger partial charge on any atom is 0.321 e. The summed E-state index contributed by atoms with van der Waals surface area (Å²) in [6.07, 6.45) is 3.83. The van der Waals surface area contributed by atoms with E-state index in [2.05, 4.69) is 12.2 Å². The summed E-state index contributed by atoms with van der Waals surface area (Å²) in [5.41, 5.74) is 0.736. The highest BCUT2D eigenvalue weighted by Gasteiger charge is 2.30. The van der Waals surface area contributed by atoms with Gasteiger partial charge in [0.15, 0.2) is 0 Å². The molecule has 0 saturated carbocycles. The summed E-state index contributed by atoms with van der Waals surface area (Å²) in [5.74, 6) is 0.870. The fraction of sp³-hybridized carbons (Fsp3) is 0.619. The van der Waals surface area contributed by atoms with Gasteiger partial charge in [0.05, 0.1) is 12.5 Å². The Labute approximate surface area is 162 Å². The van der Waals surface area contributed by atoms with Crippen LogP contribution in [0.15, 0.2) is 24.3 Å². The number of carbonyl (C=O) groups excluding carboxylic acids is 2. The highest BCUT2D eigenvalue weighted by molar-refractivity contribution is 5.90. The predicted molar refractivity (Wildman–Crippen MR) is 108 cm³/mol. The number of unbranched alkanes of at least 4 members (excludes halogenated alkanes) is 1. The molecule has 6 nitrogen and oxygen atoms in total. The largest absolute Gasteiger partial charge is 0.494 e. The van der Waals surface area contributed by atoms with Crippen LogP contribution in [0.3, 0.4) is 0 Å². The van der Waals surface area contributed by atoms with Crippen LogP contribution in [-0.2, 0) is 4.79 Å². The molecular weight excluding hydrogens is 342 g/mol. The number of urea groups is 1. The molecule has 0 radical (unpaired) electrons. The van der Waals surface area contributed by atoms with Crippen LogP contribution < -0.4 is 10.1 Å². The molecule has 150 valence electrons. The van der Waals surface area contributed by atoms with Gasteiger partial charge in [0.1, 0.15) is 5.75 Å². The number of benzene rings is 1. The monoisotopic (exact) mass is 375 g/mol. The summed E-state index contributed by atoms with van der Waals surface area (Å²) in [6.45, 7) is 9.41. The summed E-state index contributed by atoms with van der Waals surface area (Å²) in [4.78, 5) is 28.8. The molecule has 1 heterocycles. The molecular formula is C21H33N3O3. The van der Waals surface area contributed by atoms with Crippen LogP contribution in [0.25, 0.3) is 0 Å². The number of amides is 3. The van der Waals surface area contributed by atoms with Crippen LogP contribution in [0.5, 0.6) is 5.75 Å². The van der Waals surface area contributed by atoms with Crippen molar-refractivity contribution >= 4 is 17.6 Å². The van der Waals surface area contributed by atoms with Crippen molar-refractivity contribution in [1.82, 2.24) is 9.80 Å². The summed E-state index contributed by atoms with van der Waals surface area (Å²) in [5, 5.41) is 2.93. The number of nitrogens with one attached hydrogen (secondary N) is 1. The van der Waals surface area contributed by atoms with E-state index in [1.165, 1.54) is 0 Å². The van der Waals surface area contributed by atoms with Crippen molar-refractivity contribution in [3.05, 3.63) is 24.3 Å². The lowest BCUT2D eigenvalue weighted by Crippen LogP contribution is -2.47. The minimum Gasteiger partial charge on any atom is -0.494 e. The normalized spacial score (nSPS) is 16.7. The fourth-order valence-electron chi connectivity index (χ4n) is 3.33. The molecule has 27 heavy (non-hydrogen) atoms. The summed E-state index contributed by atoms with van der Waals surface area (Å²) in [6, 6.07) is 7.29.